The fourth-order valence-corrected chi connectivity index (χ4v) is 4.23. The Hall–Kier alpha value is -1.63. The zero-order chi connectivity index (χ0) is 17.4. The number of rotatable bonds is 4. The number of nitrogens with one attached hydrogen (secondary N) is 1. The van der Waals surface area contributed by atoms with E-state index >= 15 is 0 Å². The monoisotopic (exact) mass is 399 g/mol. The summed E-state index contributed by atoms with van der Waals surface area (Å²) in [5.74, 6) is 1.12. The van der Waals surface area contributed by atoms with Gasteiger partial charge in [0.1, 0.15) is 11.6 Å². The van der Waals surface area contributed by atoms with Crippen molar-refractivity contribution in [3.63, 3.8) is 0 Å². The molecule has 1 aromatic carbocycles. The third-order valence-electron chi connectivity index (χ3n) is 5.19. The Morgan fingerprint density at radius 1 is 1.38 bits per heavy atom. The molecule has 1 N–H and O–H groups in total. The molecule has 1 amide bonds. The molecule has 2 aliphatic rings. The van der Waals surface area contributed by atoms with Crippen molar-refractivity contribution >= 4 is 29.9 Å². The molecule has 2 fully saturated rings. The van der Waals surface area contributed by atoms with Gasteiger partial charge in [0.15, 0.2) is 5.15 Å². The van der Waals surface area contributed by atoms with E-state index < -0.39 is 0 Å². The zero-order valence-corrected chi connectivity index (χ0v) is 15.6. The lowest BCUT2D eigenvalue weighted by Crippen LogP contribution is -2.34. The highest BCUT2D eigenvalue weighted by molar-refractivity contribution is 6.29. The molecule has 0 radical (unpaired) electrons. The van der Waals surface area contributed by atoms with Crippen LogP contribution < -0.4 is 5.32 Å². The van der Waals surface area contributed by atoms with Crippen molar-refractivity contribution in [1.82, 2.24) is 15.4 Å². The van der Waals surface area contributed by atoms with E-state index in [2.05, 4.69) is 10.5 Å². The summed E-state index contributed by atoms with van der Waals surface area (Å²) in [6.45, 7) is 2.46. The van der Waals surface area contributed by atoms with Crippen LogP contribution in [0.15, 0.2) is 34.9 Å². The Morgan fingerprint density at radius 3 is 2.96 bits per heavy atom. The smallest absolute Gasteiger partial charge is 0.223 e. The molecule has 3 heterocycles. The van der Waals surface area contributed by atoms with Crippen molar-refractivity contribution in [2.45, 2.75) is 18.9 Å². The largest absolute Gasteiger partial charge is 0.360 e. The fraction of sp³-hybridized carbons (Fsp3) is 0.444. The summed E-state index contributed by atoms with van der Waals surface area (Å²) < 4.78 is 18.8. The first-order chi connectivity index (χ1) is 12.1. The molecule has 4 rings (SSSR count). The SMILES string of the molecule is Cl.O=C(CCc1cc(Cl)no1)N1C[C@@H]2CNC[C@@H]2[C@H]1c1cccc(F)c1. The highest BCUT2D eigenvalue weighted by atomic mass is 35.5. The van der Waals surface area contributed by atoms with Gasteiger partial charge in [-0.2, -0.15) is 0 Å². The maximum atomic E-state index is 13.7. The van der Waals surface area contributed by atoms with Crippen molar-refractivity contribution in [3.05, 3.63) is 52.6 Å². The number of carbonyl (C=O) groups is 1. The van der Waals surface area contributed by atoms with Crippen LogP contribution in [0.2, 0.25) is 5.15 Å². The van der Waals surface area contributed by atoms with Gasteiger partial charge in [-0.3, -0.25) is 4.79 Å². The quantitative estimate of drug-likeness (QED) is 0.856. The summed E-state index contributed by atoms with van der Waals surface area (Å²) in [5.41, 5.74) is 0.868. The van der Waals surface area contributed by atoms with Gasteiger partial charge < -0.3 is 14.7 Å². The zero-order valence-electron chi connectivity index (χ0n) is 14.0. The van der Waals surface area contributed by atoms with Crippen LogP contribution in [-0.2, 0) is 11.2 Å². The van der Waals surface area contributed by atoms with Crippen LogP contribution in [0.5, 0.6) is 0 Å². The van der Waals surface area contributed by atoms with Crippen LogP contribution in [0.1, 0.15) is 23.8 Å². The summed E-state index contributed by atoms with van der Waals surface area (Å²) in [6, 6.07) is 8.14. The molecule has 5 nitrogen and oxygen atoms in total. The average Bonchev–Trinajstić information content (AvgIpc) is 3.27. The molecule has 3 atom stereocenters. The van der Waals surface area contributed by atoms with E-state index in [1.165, 1.54) is 6.07 Å². The lowest BCUT2D eigenvalue weighted by atomic mass is 9.89. The fourth-order valence-electron chi connectivity index (χ4n) is 4.07. The lowest BCUT2D eigenvalue weighted by Gasteiger charge is -2.28. The normalized spacial score (nSPS) is 24.4. The molecule has 8 heteroatoms. The molecule has 0 spiro atoms. The van der Waals surface area contributed by atoms with Crippen molar-refractivity contribution in [1.29, 1.82) is 0 Å². The minimum absolute atomic E-state index is 0. The van der Waals surface area contributed by atoms with Crippen LogP contribution in [0.4, 0.5) is 4.39 Å². The number of halogens is 3. The maximum absolute atomic E-state index is 13.7. The average molecular weight is 400 g/mol. The second kappa shape index (κ2) is 7.94. The number of likely N-dealkylation sites (tertiary alicyclic amines) is 1. The minimum Gasteiger partial charge on any atom is -0.360 e. The van der Waals surface area contributed by atoms with Crippen molar-refractivity contribution in [2.24, 2.45) is 11.8 Å². The van der Waals surface area contributed by atoms with Crippen LogP contribution in [0.25, 0.3) is 0 Å². The number of hydrogen-bond donors (Lipinski definition) is 1. The van der Waals surface area contributed by atoms with E-state index in [0.29, 0.717) is 42.1 Å². The summed E-state index contributed by atoms with van der Waals surface area (Å²) in [5, 5.41) is 7.31. The Labute approximate surface area is 162 Å². The predicted molar refractivity (Wildman–Crippen MR) is 97.8 cm³/mol. The summed E-state index contributed by atoms with van der Waals surface area (Å²) in [4.78, 5) is 14.7. The van der Waals surface area contributed by atoms with Gasteiger partial charge in [-0.1, -0.05) is 28.9 Å². The molecule has 2 saturated heterocycles. The van der Waals surface area contributed by atoms with E-state index in [9.17, 15) is 9.18 Å². The number of aryl methyl sites for hydroxylation is 1. The molecule has 0 aliphatic carbocycles. The predicted octanol–water partition coefficient (Wildman–Crippen LogP) is 3.24. The first kappa shape index (κ1) is 19.1. The molecule has 1 aromatic heterocycles. The van der Waals surface area contributed by atoms with Crippen LogP contribution in [0, 0.1) is 17.7 Å². The van der Waals surface area contributed by atoms with E-state index in [-0.39, 0.29) is 30.2 Å². The van der Waals surface area contributed by atoms with Gasteiger partial charge in [0, 0.05) is 44.5 Å². The minimum atomic E-state index is -0.268. The van der Waals surface area contributed by atoms with Gasteiger partial charge in [-0.05, 0) is 23.6 Å². The van der Waals surface area contributed by atoms with Gasteiger partial charge in [-0.25, -0.2) is 4.39 Å². The standard InChI is InChI=1S/C18H19ClFN3O2.ClH/c19-16-7-14(25-22-16)4-5-17(24)23-10-12-8-21-9-15(12)18(23)11-2-1-3-13(20)6-11;/h1-3,6-7,12,15,18,21H,4-5,8-10H2;1H/t12-,15-,18+;/m0./s1. The number of benzene rings is 1. The highest BCUT2D eigenvalue weighted by Gasteiger charge is 2.46. The topological polar surface area (TPSA) is 58.4 Å². The summed E-state index contributed by atoms with van der Waals surface area (Å²) >= 11 is 5.74. The van der Waals surface area contributed by atoms with Crippen LogP contribution >= 0.6 is 24.0 Å². The first-order valence-corrected chi connectivity index (χ1v) is 8.86. The maximum Gasteiger partial charge on any atom is 0.223 e. The molecular formula is C18H20Cl2FN3O2. The van der Waals surface area contributed by atoms with E-state index in [1.54, 1.807) is 18.2 Å². The summed E-state index contributed by atoms with van der Waals surface area (Å²) in [7, 11) is 0. The molecule has 0 saturated carbocycles. The highest BCUT2D eigenvalue weighted by Crippen LogP contribution is 2.43. The van der Waals surface area contributed by atoms with Gasteiger partial charge in [0.05, 0.1) is 6.04 Å². The molecule has 26 heavy (non-hydrogen) atoms. The third-order valence-corrected chi connectivity index (χ3v) is 5.37. The van der Waals surface area contributed by atoms with Crippen molar-refractivity contribution in [2.75, 3.05) is 19.6 Å². The number of carbonyl (C=O) groups excluding carboxylic acids is 1. The van der Waals surface area contributed by atoms with E-state index in [0.717, 1.165) is 18.7 Å². The molecule has 2 aromatic rings. The second-order valence-corrected chi connectivity index (χ2v) is 7.13. The Balaban J connectivity index is 0.00000196. The summed E-state index contributed by atoms with van der Waals surface area (Å²) in [6.07, 6.45) is 0.780. The Kier molecular flexibility index (Phi) is 5.85. The Bertz CT molecular complexity index is 785. The van der Waals surface area contributed by atoms with Gasteiger partial charge in [-0.15, -0.1) is 12.4 Å². The Morgan fingerprint density at radius 2 is 2.23 bits per heavy atom. The van der Waals surface area contributed by atoms with Gasteiger partial charge in [0.2, 0.25) is 5.91 Å². The number of amides is 1. The molecule has 140 valence electrons. The molecule has 2 aliphatic heterocycles. The van der Waals surface area contributed by atoms with E-state index in [4.69, 9.17) is 16.1 Å². The number of aromatic nitrogens is 1. The second-order valence-electron chi connectivity index (χ2n) is 6.74. The molecule has 0 unspecified atom stereocenters. The van der Waals surface area contributed by atoms with Crippen molar-refractivity contribution < 1.29 is 13.7 Å². The molecular weight excluding hydrogens is 380 g/mol. The van der Waals surface area contributed by atoms with E-state index in [1.807, 2.05) is 11.0 Å². The third kappa shape index (κ3) is 3.72. The number of fused-ring (bicyclic) bond motifs is 1. The lowest BCUT2D eigenvalue weighted by molar-refractivity contribution is -0.132. The number of hydrogen-bond acceptors (Lipinski definition) is 4. The number of nitrogens with zero attached hydrogens (tertiary/aromatic N) is 2. The first-order valence-electron chi connectivity index (χ1n) is 8.48. The van der Waals surface area contributed by atoms with Crippen molar-refractivity contribution in [3.8, 4) is 0 Å². The molecule has 0 bridgehead atoms. The van der Waals surface area contributed by atoms with Crippen LogP contribution in [0.3, 0.4) is 0 Å². The van der Waals surface area contributed by atoms with Gasteiger partial charge in [0.25, 0.3) is 0 Å². The van der Waals surface area contributed by atoms with Gasteiger partial charge >= 0.3 is 0 Å². The van der Waals surface area contributed by atoms with Crippen LogP contribution in [-0.4, -0.2) is 35.6 Å².